The fourth-order valence-electron chi connectivity index (χ4n) is 1.72. The van der Waals surface area contributed by atoms with Gasteiger partial charge >= 0.3 is 0 Å². The van der Waals surface area contributed by atoms with Crippen molar-refractivity contribution < 1.29 is 5.11 Å². The number of hydrogen-bond acceptors (Lipinski definition) is 2. The molecule has 0 bridgehead atoms. The lowest BCUT2D eigenvalue weighted by atomic mass is 9.98. The quantitative estimate of drug-likeness (QED) is 0.719. The van der Waals surface area contributed by atoms with Crippen LogP contribution in [0.3, 0.4) is 0 Å². The average Bonchev–Trinajstić information content (AvgIpc) is 2.05. The van der Waals surface area contributed by atoms with Crippen molar-refractivity contribution in [1.29, 1.82) is 0 Å². The van der Waals surface area contributed by atoms with E-state index in [1.54, 1.807) is 0 Å². The van der Waals surface area contributed by atoms with Crippen LogP contribution in [0, 0.1) is 5.92 Å². The summed E-state index contributed by atoms with van der Waals surface area (Å²) in [5.41, 5.74) is 0. The first-order valence-corrected chi connectivity index (χ1v) is 4.59. The van der Waals surface area contributed by atoms with Crippen molar-refractivity contribution in [3.8, 4) is 0 Å². The van der Waals surface area contributed by atoms with E-state index in [0.29, 0.717) is 18.6 Å². The molecule has 12 heavy (non-hydrogen) atoms. The van der Waals surface area contributed by atoms with Gasteiger partial charge in [0.25, 0.3) is 0 Å². The molecule has 1 atom stereocenters. The second-order valence-corrected chi connectivity index (χ2v) is 3.78. The molecule has 1 heterocycles. The van der Waals surface area contributed by atoms with Gasteiger partial charge in [-0.3, -0.25) is 0 Å². The van der Waals surface area contributed by atoms with Gasteiger partial charge < -0.3 is 10.0 Å². The minimum atomic E-state index is 0. The van der Waals surface area contributed by atoms with Gasteiger partial charge in [0.2, 0.25) is 0 Å². The third kappa shape index (κ3) is 3.30. The van der Waals surface area contributed by atoms with E-state index in [4.69, 9.17) is 5.11 Å². The van der Waals surface area contributed by atoms with E-state index >= 15 is 0 Å². The molecule has 0 saturated carbocycles. The monoisotopic (exact) mass is 193 g/mol. The molecule has 2 nitrogen and oxygen atoms in total. The predicted octanol–water partition coefficient (Wildman–Crippen LogP) is 1.52. The summed E-state index contributed by atoms with van der Waals surface area (Å²) in [5.74, 6) is 0.533. The standard InChI is InChI=1S/C9H19NO.ClH/c1-8(2)10-5-3-4-9(6-10)7-11;/h8-9,11H,3-7H2,1-2H3;1H. The zero-order valence-electron chi connectivity index (χ0n) is 7.99. The van der Waals surface area contributed by atoms with E-state index in [-0.39, 0.29) is 12.4 Å². The number of aliphatic hydroxyl groups is 1. The fraction of sp³-hybridized carbons (Fsp3) is 1.00. The van der Waals surface area contributed by atoms with E-state index in [9.17, 15) is 0 Å². The van der Waals surface area contributed by atoms with Gasteiger partial charge in [0.1, 0.15) is 0 Å². The zero-order valence-corrected chi connectivity index (χ0v) is 8.81. The maximum atomic E-state index is 8.96. The minimum absolute atomic E-state index is 0. The minimum Gasteiger partial charge on any atom is -0.396 e. The molecule has 1 aliphatic rings. The molecule has 0 aromatic heterocycles. The van der Waals surface area contributed by atoms with Crippen molar-refractivity contribution in [2.24, 2.45) is 5.92 Å². The number of nitrogens with zero attached hydrogens (tertiary/aromatic N) is 1. The molecule has 0 aromatic rings. The lowest BCUT2D eigenvalue weighted by Crippen LogP contribution is -2.40. The Morgan fingerprint density at radius 3 is 2.67 bits per heavy atom. The molecule has 1 N–H and O–H groups in total. The molecule has 0 spiro atoms. The summed E-state index contributed by atoms with van der Waals surface area (Å²) in [6.45, 7) is 7.12. The van der Waals surface area contributed by atoms with Gasteiger partial charge in [0, 0.05) is 19.2 Å². The summed E-state index contributed by atoms with van der Waals surface area (Å²) in [5, 5.41) is 8.96. The van der Waals surface area contributed by atoms with E-state index in [0.717, 1.165) is 6.54 Å². The molecule has 0 radical (unpaired) electrons. The third-order valence-electron chi connectivity index (χ3n) is 2.54. The predicted molar refractivity (Wildman–Crippen MR) is 53.8 cm³/mol. The molecule has 0 aliphatic carbocycles. The van der Waals surface area contributed by atoms with Crippen molar-refractivity contribution in [1.82, 2.24) is 4.90 Å². The molecule has 1 saturated heterocycles. The number of aliphatic hydroxyl groups excluding tert-OH is 1. The first-order chi connectivity index (χ1) is 5.24. The molecule has 3 heteroatoms. The normalized spacial score (nSPS) is 25.5. The smallest absolute Gasteiger partial charge is 0.0471 e. The Morgan fingerprint density at radius 1 is 1.50 bits per heavy atom. The van der Waals surface area contributed by atoms with Crippen LogP contribution >= 0.6 is 12.4 Å². The number of rotatable bonds is 2. The van der Waals surface area contributed by atoms with Crippen molar-refractivity contribution in [3.05, 3.63) is 0 Å². The van der Waals surface area contributed by atoms with Crippen molar-refractivity contribution in [2.75, 3.05) is 19.7 Å². The Kier molecular flexibility index (Phi) is 5.89. The first-order valence-electron chi connectivity index (χ1n) is 4.59. The molecule has 1 aliphatic heterocycles. The Morgan fingerprint density at radius 2 is 2.17 bits per heavy atom. The van der Waals surface area contributed by atoms with Gasteiger partial charge in [-0.05, 0) is 39.2 Å². The van der Waals surface area contributed by atoms with Crippen molar-refractivity contribution in [2.45, 2.75) is 32.7 Å². The summed E-state index contributed by atoms with van der Waals surface area (Å²) in [4.78, 5) is 2.45. The maximum Gasteiger partial charge on any atom is 0.0471 e. The largest absolute Gasteiger partial charge is 0.396 e. The molecule has 74 valence electrons. The van der Waals surface area contributed by atoms with E-state index in [1.165, 1.54) is 19.4 Å². The molecule has 0 amide bonds. The lowest BCUT2D eigenvalue weighted by Gasteiger charge is -2.34. The Hall–Kier alpha value is 0.210. The molecule has 1 fully saturated rings. The van der Waals surface area contributed by atoms with Crippen molar-refractivity contribution in [3.63, 3.8) is 0 Å². The summed E-state index contributed by atoms with van der Waals surface area (Å²) < 4.78 is 0. The van der Waals surface area contributed by atoms with Crippen molar-refractivity contribution >= 4 is 12.4 Å². The van der Waals surface area contributed by atoms with Crippen LogP contribution in [0.5, 0.6) is 0 Å². The van der Waals surface area contributed by atoms with Gasteiger partial charge in [-0.15, -0.1) is 12.4 Å². The molecular formula is C9H20ClNO. The number of piperidine rings is 1. The van der Waals surface area contributed by atoms with E-state index in [2.05, 4.69) is 18.7 Å². The van der Waals surface area contributed by atoms with Crippen LogP contribution in [0.25, 0.3) is 0 Å². The molecular weight excluding hydrogens is 174 g/mol. The van der Waals surface area contributed by atoms with Crippen LogP contribution in [0.1, 0.15) is 26.7 Å². The highest BCUT2D eigenvalue weighted by Gasteiger charge is 2.20. The topological polar surface area (TPSA) is 23.5 Å². The Labute approximate surface area is 81.4 Å². The summed E-state index contributed by atoms with van der Waals surface area (Å²) in [7, 11) is 0. The SMILES string of the molecule is CC(C)N1CCCC(CO)C1.Cl. The van der Waals surface area contributed by atoms with Gasteiger partial charge in [-0.25, -0.2) is 0 Å². The molecule has 1 unspecified atom stereocenters. The van der Waals surface area contributed by atoms with Crippen LogP contribution < -0.4 is 0 Å². The summed E-state index contributed by atoms with van der Waals surface area (Å²) >= 11 is 0. The van der Waals surface area contributed by atoms with Crippen LogP contribution in [-0.4, -0.2) is 35.7 Å². The second-order valence-electron chi connectivity index (χ2n) is 3.78. The summed E-state index contributed by atoms with van der Waals surface area (Å²) in [6, 6.07) is 0.643. The number of hydrogen-bond donors (Lipinski definition) is 1. The third-order valence-corrected chi connectivity index (χ3v) is 2.54. The average molecular weight is 194 g/mol. The molecule has 1 rings (SSSR count). The van der Waals surface area contributed by atoms with Crippen LogP contribution in [0.2, 0.25) is 0 Å². The van der Waals surface area contributed by atoms with Crippen LogP contribution in [-0.2, 0) is 0 Å². The number of halogens is 1. The highest BCUT2D eigenvalue weighted by atomic mass is 35.5. The van der Waals surface area contributed by atoms with Gasteiger partial charge in [-0.1, -0.05) is 0 Å². The maximum absolute atomic E-state index is 8.96. The fourth-order valence-corrected chi connectivity index (χ4v) is 1.72. The highest BCUT2D eigenvalue weighted by Crippen LogP contribution is 2.17. The number of likely N-dealkylation sites (tertiary alicyclic amines) is 1. The summed E-state index contributed by atoms with van der Waals surface area (Å²) in [6.07, 6.45) is 2.46. The zero-order chi connectivity index (χ0) is 8.27. The lowest BCUT2D eigenvalue weighted by molar-refractivity contribution is 0.0993. The van der Waals surface area contributed by atoms with Gasteiger partial charge in [0.15, 0.2) is 0 Å². The van der Waals surface area contributed by atoms with Gasteiger partial charge in [0.05, 0.1) is 0 Å². The van der Waals surface area contributed by atoms with E-state index < -0.39 is 0 Å². The second kappa shape index (κ2) is 5.79. The molecule has 0 aromatic carbocycles. The Balaban J connectivity index is 0.00000121. The van der Waals surface area contributed by atoms with Crippen LogP contribution in [0.4, 0.5) is 0 Å². The van der Waals surface area contributed by atoms with Crippen LogP contribution in [0.15, 0.2) is 0 Å². The Bertz CT molecular complexity index is 119. The van der Waals surface area contributed by atoms with Gasteiger partial charge in [-0.2, -0.15) is 0 Å². The first kappa shape index (κ1) is 12.2. The van der Waals surface area contributed by atoms with E-state index in [1.807, 2.05) is 0 Å². The highest BCUT2D eigenvalue weighted by molar-refractivity contribution is 5.85.